The predicted molar refractivity (Wildman–Crippen MR) is 62.4 cm³/mol. The number of carbonyl (C=O) groups excluding carboxylic acids is 1. The summed E-state index contributed by atoms with van der Waals surface area (Å²) in [5.74, 6) is -0.318. The molecular formula is C11H21O4P. The van der Waals surface area contributed by atoms with Crippen LogP contribution in [-0.2, 0) is 18.4 Å². The van der Waals surface area contributed by atoms with Crippen LogP contribution in [0, 0.1) is 11.3 Å². The first kappa shape index (κ1) is 13.9. The standard InChI is InChI=1S/C11H21O4P/c1-5-6-11(4)7-14-16(13,15-8-11)10(12)9(2)3/h9H,5-8H2,1-4H3. The fraction of sp³-hybridized carbons (Fsp3) is 0.909. The Hall–Kier alpha value is -0.180. The van der Waals surface area contributed by atoms with Crippen molar-refractivity contribution < 1.29 is 18.4 Å². The van der Waals surface area contributed by atoms with Crippen LogP contribution >= 0.6 is 7.60 Å². The Morgan fingerprint density at radius 2 is 1.88 bits per heavy atom. The molecule has 0 aromatic rings. The molecule has 5 heteroatoms. The number of carbonyl (C=O) groups is 1. The SMILES string of the molecule is CCCC1(C)COP(=O)(C(=O)C(C)C)OC1. The van der Waals surface area contributed by atoms with Gasteiger partial charge in [-0.15, -0.1) is 0 Å². The third kappa shape index (κ3) is 2.93. The number of hydrogen-bond acceptors (Lipinski definition) is 4. The minimum atomic E-state index is -3.50. The summed E-state index contributed by atoms with van der Waals surface area (Å²) in [7, 11) is -3.50. The van der Waals surface area contributed by atoms with Crippen molar-refractivity contribution in [2.75, 3.05) is 13.2 Å². The Labute approximate surface area is 97.2 Å². The third-order valence-electron chi connectivity index (χ3n) is 2.78. The van der Waals surface area contributed by atoms with Crippen molar-refractivity contribution in [3.8, 4) is 0 Å². The van der Waals surface area contributed by atoms with Crippen LogP contribution in [0.1, 0.15) is 40.5 Å². The van der Waals surface area contributed by atoms with Crippen LogP contribution in [-0.4, -0.2) is 18.7 Å². The van der Waals surface area contributed by atoms with Gasteiger partial charge in [0, 0.05) is 11.3 Å². The first-order valence-electron chi connectivity index (χ1n) is 5.76. The van der Waals surface area contributed by atoms with Gasteiger partial charge in [0.05, 0.1) is 13.2 Å². The monoisotopic (exact) mass is 248 g/mol. The molecule has 0 amide bonds. The van der Waals surface area contributed by atoms with Crippen LogP contribution in [0.2, 0.25) is 0 Å². The van der Waals surface area contributed by atoms with Crippen LogP contribution in [0.4, 0.5) is 0 Å². The highest BCUT2D eigenvalue weighted by molar-refractivity contribution is 7.71. The second kappa shape index (κ2) is 4.99. The van der Waals surface area contributed by atoms with Gasteiger partial charge < -0.3 is 9.05 Å². The average molecular weight is 248 g/mol. The van der Waals surface area contributed by atoms with Crippen molar-refractivity contribution in [1.82, 2.24) is 0 Å². The Kier molecular flexibility index (Phi) is 4.33. The van der Waals surface area contributed by atoms with Gasteiger partial charge in [-0.25, -0.2) is 0 Å². The van der Waals surface area contributed by atoms with Gasteiger partial charge in [0.25, 0.3) is 0 Å². The molecule has 0 radical (unpaired) electrons. The van der Waals surface area contributed by atoms with Gasteiger partial charge in [-0.05, 0) is 6.42 Å². The summed E-state index contributed by atoms with van der Waals surface area (Å²) >= 11 is 0. The van der Waals surface area contributed by atoms with E-state index in [2.05, 4.69) is 6.92 Å². The van der Waals surface area contributed by atoms with Crippen molar-refractivity contribution >= 4 is 13.1 Å². The summed E-state index contributed by atoms with van der Waals surface area (Å²) in [6.45, 7) is 8.20. The largest absolute Gasteiger partial charge is 0.397 e. The van der Waals surface area contributed by atoms with E-state index in [1.807, 2.05) is 6.92 Å². The molecule has 0 unspecified atom stereocenters. The Morgan fingerprint density at radius 3 is 2.25 bits per heavy atom. The fourth-order valence-corrected chi connectivity index (χ4v) is 3.68. The summed E-state index contributed by atoms with van der Waals surface area (Å²) < 4.78 is 22.6. The smallest absolute Gasteiger partial charge is 0.303 e. The molecular weight excluding hydrogens is 227 g/mol. The number of hydrogen-bond donors (Lipinski definition) is 0. The predicted octanol–water partition coefficient (Wildman–Crippen LogP) is 3.22. The normalized spacial score (nSPS) is 35.3. The molecule has 0 aliphatic carbocycles. The van der Waals surface area contributed by atoms with Gasteiger partial charge >= 0.3 is 7.60 Å². The van der Waals surface area contributed by atoms with E-state index >= 15 is 0 Å². The zero-order valence-electron chi connectivity index (χ0n) is 10.5. The van der Waals surface area contributed by atoms with Gasteiger partial charge in [-0.1, -0.05) is 34.1 Å². The fourth-order valence-electron chi connectivity index (χ4n) is 1.75. The molecule has 94 valence electrons. The Bertz CT molecular complexity index is 299. The third-order valence-corrected chi connectivity index (χ3v) is 4.78. The topological polar surface area (TPSA) is 52.6 Å². The molecule has 1 heterocycles. The highest BCUT2D eigenvalue weighted by Crippen LogP contribution is 2.56. The van der Waals surface area contributed by atoms with E-state index in [1.165, 1.54) is 0 Å². The summed E-state index contributed by atoms with van der Waals surface area (Å²) in [6.07, 6.45) is 1.97. The molecule has 0 bridgehead atoms. The summed E-state index contributed by atoms with van der Waals surface area (Å²) in [5.41, 5.74) is -0.522. The van der Waals surface area contributed by atoms with Gasteiger partial charge in [0.1, 0.15) is 0 Å². The molecule has 0 spiro atoms. The molecule has 16 heavy (non-hydrogen) atoms. The first-order chi connectivity index (χ1) is 7.33. The van der Waals surface area contributed by atoms with Gasteiger partial charge in [0.2, 0.25) is 5.52 Å². The van der Waals surface area contributed by atoms with E-state index < -0.39 is 13.1 Å². The molecule has 1 fully saturated rings. The van der Waals surface area contributed by atoms with E-state index in [4.69, 9.17) is 9.05 Å². The molecule has 1 aliphatic rings. The van der Waals surface area contributed by atoms with Crippen LogP contribution in [0.15, 0.2) is 0 Å². The number of rotatable bonds is 4. The molecule has 1 rings (SSSR count). The van der Waals surface area contributed by atoms with Crippen LogP contribution in [0.3, 0.4) is 0 Å². The summed E-state index contributed by atoms with van der Waals surface area (Å²) in [4.78, 5) is 11.7. The molecule has 1 saturated heterocycles. The van der Waals surface area contributed by atoms with E-state index in [-0.39, 0.29) is 11.3 Å². The highest BCUT2D eigenvalue weighted by atomic mass is 31.2. The lowest BCUT2D eigenvalue weighted by atomic mass is 9.88. The molecule has 1 aliphatic heterocycles. The molecule has 0 aromatic heterocycles. The van der Waals surface area contributed by atoms with E-state index in [9.17, 15) is 9.36 Å². The van der Waals surface area contributed by atoms with E-state index in [0.29, 0.717) is 13.2 Å². The quantitative estimate of drug-likeness (QED) is 0.717. The molecule has 4 nitrogen and oxygen atoms in total. The lowest BCUT2D eigenvalue weighted by Gasteiger charge is -2.36. The Morgan fingerprint density at radius 1 is 1.38 bits per heavy atom. The lowest BCUT2D eigenvalue weighted by molar-refractivity contribution is -0.118. The second-order valence-electron chi connectivity index (χ2n) is 5.10. The van der Waals surface area contributed by atoms with Crippen molar-refractivity contribution in [3.63, 3.8) is 0 Å². The van der Waals surface area contributed by atoms with Crippen molar-refractivity contribution in [2.24, 2.45) is 11.3 Å². The molecule has 0 saturated carbocycles. The van der Waals surface area contributed by atoms with Crippen molar-refractivity contribution in [1.29, 1.82) is 0 Å². The zero-order valence-corrected chi connectivity index (χ0v) is 11.4. The maximum atomic E-state index is 12.1. The maximum Gasteiger partial charge on any atom is 0.397 e. The highest BCUT2D eigenvalue weighted by Gasteiger charge is 2.44. The molecule has 0 aromatic carbocycles. The van der Waals surface area contributed by atoms with Crippen LogP contribution < -0.4 is 0 Å². The first-order valence-corrected chi connectivity index (χ1v) is 7.31. The zero-order chi connectivity index (χ0) is 12.4. The van der Waals surface area contributed by atoms with Crippen LogP contribution in [0.25, 0.3) is 0 Å². The second-order valence-corrected chi connectivity index (χ2v) is 7.05. The Balaban J connectivity index is 2.67. The average Bonchev–Trinajstić information content (AvgIpc) is 2.22. The van der Waals surface area contributed by atoms with Gasteiger partial charge in [-0.2, -0.15) is 0 Å². The summed E-state index contributed by atoms with van der Waals surface area (Å²) in [5, 5.41) is 0. The maximum absolute atomic E-state index is 12.1. The van der Waals surface area contributed by atoms with Crippen molar-refractivity contribution in [2.45, 2.75) is 40.5 Å². The van der Waals surface area contributed by atoms with E-state index in [1.54, 1.807) is 13.8 Å². The molecule has 0 atom stereocenters. The summed E-state index contributed by atoms with van der Waals surface area (Å²) in [6, 6.07) is 0. The van der Waals surface area contributed by atoms with Crippen molar-refractivity contribution in [3.05, 3.63) is 0 Å². The minimum Gasteiger partial charge on any atom is -0.303 e. The minimum absolute atomic E-state index is 0.111. The van der Waals surface area contributed by atoms with E-state index in [0.717, 1.165) is 12.8 Å². The van der Waals surface area contributed by atoms with Crippen LogP contribution in [0.5, 0.6) is 0 Å². The molecule has 0 N–H and O–H groups in total. The van der Waals surface area contributed by atoms with Gasteiger partial charge in [-0.3, -0.25) is 9.36 Å². The lowest BCUT2D eigenvalue weighted by Crippen LogP contribution is -2.34. The van der Waals surface area contributed by atoms with Gasteiger partial charge in [0.15, 0.2) is 0 Å².